The average Bonchev–Trinajstić information content (AvgIpc) is 3.31. The quantitative estimate of drug-likeness (QED) is 0.0624. The Kier molecular flexibility index (Phi) is 14.8. The molecule has 0 aromatic heterocycles. The number of allylic oxidation sites excluding steroid dienone is 1. The van der Waals surface area contributed by atoms with Crippen LogP contribution in [0.1, 0.15) is 110 Å². The van der Waals surface area contributed by atoms with Crippen LogP contribution in [0, 0.1) is 50.2 Å². The molecule has 358 valence electrons. The third kappa shape index (κ3) is 9.79. The van der Waals surface area contributed by atoms with Crippen molar-refractivity contribution in [2.45, 2.75) is 117 Å². The van der Waals surface area contributed by atoms with Gasteiger partial charge in [-0.2, -0.15) is 0 Å². The van der Waals surface area contributed by atoms with Gasteiger partial charge in [-0.1, -0.05) is 139 Å². The zero-order valence-corrected chi connectivity index (χ0v) is 40.3. The van der Waals surface area contributed by atoms with Gasteiger partial charge in [0.2, 0.25) is 0 Å². The van der Waals surface area contributed by atoms with Crippen molar-refractivity contribution in [3.05, 3.63) is 139 Å². The zero-order valence-electron chi connectivity index (χ0n) is 40.3. The van der Waals surface area contributed by atoms with Crippen molar-refractivity contribution >= 4 is 36.1 Å². The van der Waals surface area contributed by atoms with E-state index in [9.17, 15) is 29.7 Å². The summed E-state index contributed by atoms with van der Waals surface area (Å²) < 4.78 is 18.2. The van der Waals surface area contributed by atoms with Gasteiger partial charge in [-0.25, -0.2) is 14.4 Å². The minimum Gasteiger partial charge on any atom is -0.462 e. The van der Waals surface area contributed by atoms with Crippen LogP contribution in [0.2, 0.25) is 0 Å². The van der Waals surface area contributed by atoms with Gasteiger partial charge in [-0.05, 0) is 120 Å². The number of hydrogen-bond donors (Lipinski definition) is 3. The van der Waals surface area contributed by atoms with Gasteiger partial charge in [0.1, 0.15) is 18.8 Å². The first-order valence-electron chi connectivity index (χ1n) is 24.2. The molecule has 3 N–H and O–H groups in total. The molecule has 4 aliphatic carbocycles. The Balaban J connectivity index is 1.18. The molecule has 0 bridgehead atoms. The fourth-order valence-electron chi connectivity index (χ4n) is 13.7. The Morgan fingerprint density at radius 1 is 0.642 bits per heavy atom. The molecular weight excluding hydrogens is 841 g/mol. The number of fused-ring (bicyclic) bond motifs is 2. The molecule has 0 heterocycles. The summed E-state index contributed by atoms with van der Waals surface area (Å²) >= 11 is 0. The minimum absolute atomic E-state index is 0.0223. The van der Waals surface area contributed by atoms with E-state index < -0.39 is 64.0 Å². The van der Waals surface area contributed by atoms with Crippen molar-refractivity contribution < 1.29 is 43.9 Å². The van der Waals surface area contributed by atoms with Gasteiger partial charge in [0, 0.05) is 29.1 Å². The summed E-state index contributed by atoms with van der Waals surface area (Å²) in [5, 5.41) is 37.5. The van der Waals surface area contributed by atoms with Crippen molar-refractivity contribution in [3.63, 3.8) is 0 Å². The lowest BCUT2D eigenvalue weighted by molar-refractivity contribution is -0.279. The van der Waals surface area contributed by atoms with Gasteiger partial charge in [0.05, 0.1) is 24.2 Å². The maximum Gasteiger partial charge on any atom is 0.331 e. The molecule has 4 aliphatic rings. The van der Waals surface area contributed by atoms with Gasteiger partial charge in [0.25, 0.3) is 0 Å². The molecule has 4 fully saturated rings. The Bertz CT molecular complexity index is 2300. The van der Waals surface area contributed by atoms with Crippen LogP contribution in [0.5, 0.6) is 0 Å². The van der Waals surface area contributed by atoms with Crippen LogP contribution in [-0.2, 0) is 28.6 Å². The fraction of sp³-hybridized carbons (Fsp3) is 0.500. The monoisotopic (exact) mass is 913 g/mol. The van der Waals surface area contributed by atoms with E-state index in [0.717, 1.165) is 36.0 Å². The molecule has 0 aliphatic heterocycles. The third-order valence-corrected chi connectivity index (χ3v) is 17.6. The predicted molar refractivity (Wildman–Crippen MR) is 262 cm³/mol. The van der Waals surface area contributed by atoms with Crippen molar-refractivity contribution in [2.75, 3.05) is 13.2 Å². The molecule has 9 heteroatoms. The first-order valence-corrected chi connectivity index (χ1v) is 24.2. The number of rotatable bonds is 14. The molecule has 7 rings (SSSR count). The van der Waals surface area contributed by atoms with Crippen LogP contribution in [0.15, 0.2) is 122 Å². The Morgan fingerprint density at radius 2 is 1.15 bits per heavy atom. The lowest BCUT2D eigenvalue weighted by Crippen LogP contribution is -2.70. The number of benzene rings is 3. The van der Waals surface area contributed by atoms with E-state index >= 15 is 0 Å². The number of esters is 3. The molecule has 3 aromatic rings. The van der Waals surface area contributed by atoms with Crippen LogP contribution in [-0.4, -0.2) is 70.9 Å². The summed E-state index contributed by atoms with van der Waals surface area (Å²) in [4.78, 5) is 40.2. The molecule has 3 aromatic carbocycles. The van der Waals surface area contributed by atoms with Crippen LogP contribution < -0.4 is 0 Å². The van der Waals surface area contributed by atoms with Crippen molar-refractivity contribution in [2.24, 2.45) is 50.2 Å². The Hall–Kier alpha value is -5.09. The van der Waals surface area contributed by atoms with Gasteiger partial charge in [0.15, 0.2) is 0 Å². The van der Waals surface area contributed by atoms with E-state index in [-0.39, 0.29) is 41.8 Å². The summed E-state index contributed by atoms with van der Waals surface area (Å²) in [6.45, 7) is 17.2. The van der Waals surface area contributed by atoms with Crippen molar-refractivity contribution in [3.8, 4) is 0 Å². The molecule has 67 heavy (non-hydrogen) atoms. The highest BCUT2D eigenvalue weighted by Gasteiger charge is 2.71. The highest BCUT2D eigenvalue weighted by Crippen LogP contribution is 2.73. The Morgan fingerprint density at radius 3 is 1.67 bits per heavy atom. The number of carbonyl (C=O) groups excluding carboxylic acids is 3. The van der Waals surface area contributed by atoms with Crippen LogP contribution in [0.3, 0.4) is 0 Å². The van der Waals surface area contributed by atoms with E-state index in [1.807, 2.05) is 111 Å². The molecule has 0 spiro atoms. The zero-order chi connectivity index (χ0) is 48.3. The van der Waals surface area contributed by atoms with E-state index in [0.29, 0.717) is 32.1 Å². The van der Waals surface area contributed by atoms with Gasteiger partial charge in [-0.3, -0.25) is 0 Å². The smallest absolute Gasteiger partial charge is 0.331 e. The van der Waals surface area contributed by atoms with Gasteiger partial charge < -0.3 is 29.5 Å². The number of aliphatic hydroxyl groups is 3. The van der Waals surface area contributed by atoms with Crippen LogP contribution in [0.4, 0.5) is 0 Å². The van der Waals surface area contributed by atoms with Gasteiger partial charge in [-0.15, -0.1) is 6.58 Å². The molecule has 0 radical (unpaired) electrons. The largest absolute Gasteiger partial charge is 0.462 e. The number of ether oxygens (including phenoxy) is 3. The molecule has 0 saturated heterocycles. The fourth-order valence-corrected chi connectivity index (χ4v) is 13.7. The second-order valence-corrected chi connectivity index (χ2v) is 21.9. The van der Waals surface area contributed by atoms with Crippen molar-refractivity contribution in [1.82, 2.24) is 0 Å². The average molecular weight is 913 g/mol. The second kappa shape index (κ2) is 19.9. The van der Waals surface area contributed by atoms with Crippen LogP contribution in [0.25, 0.3) is 18.2 Å². The topological polar surface area (TPSA) is 140 Å². The summed E-state index contributed by atoms with van der Waals surface area (Å²) in [5.74, 6) is -1.89. The Labute approximate surface area is 398 Å². The number of hydrogen-bond acceptors (Lipinski definition) is 9. The molecule has 12 atom stereocenters. The lowest BCUT2D eigenvalue weighted by Gasteiger charge is -2.70. The first-order chi connectivity index (χ1) is 31.8. The first kappa shape index (κ1) is 49.8. The van der Waals surface area contributed by atoms with Crippen molar-refractivity contribution in [1.29, 1.82) is 0 Å². The minimum atomic E-state index is -1.36. The summed E-state index contributed by atoms with van der Waals surface area (Å²) in [6, 6.07) is 28.4. The molecule has 3 unspecified atom stereocenters. The predicted octanol–water partition coefficient (Wildman–Crippen LogP) is 10.5. The maximum atomic E-state index is 13.5. The summed E-state index contributed by atoms with van der Waals surface area (Å²) in [6.07, 6.45) is 12.1. The van der Waals surface area contributed by atoms with E-state index in [1.54, 1.807) is 18.2 Å². The van der Waals surface area contributed by atoms with E-state index in [1.165, 1.54) is 18.2 Å². The lowest BCUT2D eigenvalue weighted by atomic mass is 9.35. The van der Waals surface area contributed by atoms with Gasteiger partial charge >= 0.3 is 17.9 Å². The highest BCUT2D eigenvalue weighted by atomic mass is 16.6. The highest BCUT2D eigenvalue weighted by molar-refractivity contribution is 5.88. The molecule has 0 amide bonds. The van der Waals surface area contributed by atoms with E-state index in [2.05, 4.69) is 34.3 Å². The third-order valence-electron chi connectivity index (χ3n) is 17.6. The molecular formula is C58H72O9. The normalized spacial score (nSPS) is 35.9. The standard InChI is InChI=1S/C58H72O9/c1-8-18-45-55(5)33-32-46(59)56(6,38-65-48(61)28-25-40-19-12-9-13-20-40)44(55)31-34-57(45,7)54(4)36-43-35-53(2,3)52(67-50(63)30-27-42-23-16-11-17-24-42)51(64)58(43,47(60)37-54)39-66-49(62)29-26-41-21-14-10-15-22-41/h8-17,19-30,43-47,51-52,59-60,64H,1,18,31-39H2,2-7H3/t43?,44?,45?,46-,47+,51-,52-,54-,55-,56+,57+,58-/m0/s1. The number of carbonyl (C=O) groups is 3. The number of aliphatic hydroxyl groups excluding tert-OH is 3. The molecule has 4 saturated carbocycles. The van der Waals surface area contributed by atoms with E-state index in [4.69, 9.17) is 14.2 Å². The summed E-state index contributed by atoms with van der Waals surface area (Å²) in [7, 11) is 0. The van der Waals surface area contributed by atoms with Crippen LogP contribution >= 0.6 is 0 Å². The SMILES string of the molecule is C=CCC1[C@@]2(C)CC[C@H](O)[C@](C)(COC(=O)C=Cc3ccccc3)C2CC[C@@]1(C)[C@@]1(C)CC2CC(C)(C)[C@@H](OC(=O)C=Cc3ccccc3)[C@H](O)[C@]2(COC(=O)C=Cc2ccccc2)[C@H](O)C1. The maximum absolute atomic E-state index is 13.5. The summed E-state index contributed by atoms with van der Waals surface area (Å²) in [5.41, 5.74) is -1.34. The second-order valence-electron chi connectivity index (χ2n) is 21.9. The molecule has 9 nitrogen and oxygen atoms in total.